The molecule has 26 heavy (non-hydrogen) atoms. The molecule has 1 amide bonds. The van der Waals surface area contributed by atoms with Gasteiger partial charge in [-0.05, 0) is 43.7 Å². The van der Waals surface area contributed by atoms with Crippen molar-refractivity contribution in [1.29, 1.82) is 0 Å². The van der Waals surface area contributed by atoms with Crippen LogP contribution in [0.15, 0.2) is 24.3 Å². The highest BCUT2D eigenvalue weighted by molar-refractivity contribution is 5.67. The van der Waals surface area contributed by atoms with Gasteiger partial charge in [0.1, 0.15) is 11.5 Å². The van der Waals surface area contributed by atoms with Gasteiger partial charge < -0.3 is 15.2 Å². The molecule has 1 aliphatic carbocycles. The van der Waals surface area contributed by atoms with Gasteiger partial charge >= 0.3 is 6.09 Å². The van der Waals surface area contributed by atoms with E-state index >= 15 is 0 Å². The van der Waals surface area contributed by atoms with E-state index in [-0.39, 0.29) is 21.4 Å². The molecule has 1 saturated carbocycles. The monoisotopic (exact) mass is 357 g/mol. The lowest BCUT2D eigenvalue weighted by molar-refractivity contribution is -0.888. The largest absolute Gasteiger partial charge is 0.513 e. The van der Waals surface area contributed by atoms with Crippen molar-refractivity contribution >= 4 is 11.8 Å². The second-order valence-corrected chi connectivity index (χ2v) is 8.91. The van der Waals surface area contributed by atoms with Crippen LogP contribution < -0.4 is 5.32 Å². The molecule has 0 aromatic heterocycles. The van der Waals surface area contributed by atoms with Crippen molar-refractivity contribution in [2.24, 2.45) is 5.41 Å². The number of amides is 1. The van der Waals surface area contributed by atoms with Crippen LogP contribution in [0.1, 0.15) is 51.0 Å². The highest BCUT2D eigenvalue weighted by Gasteiger charge is 2.80. The Morgan fingerprint density at radius 1 is 1.27 bits per heavy atom. The molecule has 3 aliphatic heterocycles. The predicted molar refractivity (Wildman–Crippen MR) is 99.1 cm³/mol. The fourth-order valence-electron chi connectivity index (χ4n) is 7.59. The lowest BCUT2D eigenvalue weighted by atomic mass is 9.50. The van der Waals surface area contributed by atoms with E-state index in [1.54, 1.807) is 7.11 Å². The van der Waals surface area contributed by atoms with Gasteiger partial charge in [-0.1, -0.05) is 25.1 Å². The number of rotatable bonds is 2. The highest BCUT2D eigenvalue weighted by Crippen LogP contribution is 2.69. The number of carboxylic acid groups (broad SMARTS) is 1. The van der Waals surface area contributed by atoms with Crippen molar-refractivity contribution in [2.75, 3.05) is 25.5 Å². The van der Waals surface area contributed by atoms with E-state index in [9.17, 15) is 9.90 Å². The Bertz CT molecular complexity index is 782. The van der Waals surface area contributed by atoms with Crippen molar-refractivity contribution in [3.8, 4) is 0 Å². The molecule has 5 rings (SSSR count). The van der Waals surface area contributed by atoms with E-state index in [0.29, 0.717) is 6.54 Å². The lowest BCUT2D eigenvalue weighted by Crippen LogP contribution is -2.75. The summed E-state index contributed by atoms with van der Waals surface area (Å²) >= 11 is 0. The Hall–Kier alpha value is -1.59. The molecule has 0 bridgehead atoms. The Labute approximate surface area is 154 Å². The Kier molecular flexibility index (Phi) is 3.20. The molecule has 2 saturated heterocycles. The summed E-state index contributed by atoms with van der Waals surface area (Å²) in [7, 11) is 1.80. The smallest absolute Gasteiger partial charge is 0.435 e. The summed E-state index contributed by atoms with van der Waals surface area (Å²) in [6, 6.07) is 8.58. The van der Waals surface area contributed by atoms with Crippen LogP contribution in [0.25, 0.3) is 0 Å². The van der Waals surface area contributed by atoms with E-state index < -0.39 is 11.8 Å². The van der Waals surface area contributed by atoms with Crippen molar-refractivity contribution in [2.45, 2.75) is 62.6 Å². The van der Waals surface area contributed by atoms with E-state index in [1.165, 1.54) is 5.56 Å². The third-order valence-electron chi connectivity index (χ3n) is 8.55. The summed E-state index contributed by atoms with van der Waals surface area (Å²) in [6.45, 7) is 3.73. The zero-order valence-corrected chi connectivity index (χ0v) is 15.8. The number of anilines is 1. The minimum Gasteiger partial charge on any atom is -0.435 e. The third kappa shape index (κ3) is 1.55. The van der Waals surface area contributed by atoms with E-state index in [4.69, 9.17) is 4.74 Å². The number of hydrogen-bond acceptors (Lipinski definition) is 3. The average molecular weight is 357 g/mol. The fourth-order valence-corrected chi connectivity index (χ4v) is 7.59. The first-order valence-corrected chi connectivity index (χ1v) is 10.0. The molecule has 2 N–H and O–H groups in total. The van der Waals surface area contributed by atoms with E-state index in [0.717, 1.165) is 50.8 Å². The van der Waals surface area contributed by atoms with Crippen LogP contribution >= 0.6 is 0 Å². The van der Waals surface area contributed by atoms with Gasteiger partial charge in [0.2, 0.25) is 0 Å². The Balaban J connectivity index is 1.82. The van der Waals surface area contributed by atoms with Gasteiger partial charge in [0.25, 0.3) is 0 Å². The number of nitrogens with zero attached hydrogens (tertiary/aromatic N) is 1. The molecule has 3 heterocycles. The summed E-state index contributed by atoms with van der Waals surface area (Å²) in [5.41, 5.74) is 1.77. The number of quaternary nitrogens is 1. The zero-order valence-electron chi connectivity index (χ0n) is 15.8. The number of ether oxygens (including phenoxy) is 1. The minimum atomic E-state index is -0.638. The summed E-state index contributed by atoms with van der Waals surface area (Å²) in [4.78, 5) is 12.6. The van der Waals surface area contributed by atoms with Gasteiger partial charge in [0.05, 0.1) is 13.1 Å². The van der Waals surface area contributed by atoms with Crippen LogP contribution in [-0.2, 0) is 10.2 Å². The molecule has 140 valence electrons. The quantitative estimate of drug-likeness (QED) is 0.787. The van der Waals surface area contributed by atoms with E-state index in [2.05, 4.69) is 36.5 Å². The molecule has 5 nitrogen and oxygen atoms in total. The summed E-state index contributed by atoms with van der Waals surface area (Å²) in [5, 5.41) is 14.1. The molecule has 1 spiro atoms. The number of nitrogens with one attached hydrogen (secondary N) is 1. The molecule has 3 fully saturated rings. The van der Waals surface area contributed by atoms with Crippen molar-refractivity contribution in [3.63, 3.8) is 0 Å². The lowest BCUT2D eigenvalue weighted by Gasteiger charge is -2.61. The van der Waals surface area contributed by atoms with Gasteiger partial charge in [0.15, 0.2) is 5.72 Å². The van der Waals surface area contributed by atoms with Crippen LogP contribution in [0.2, 0.25) is 0 Å². The van der Waals surface area contributed by atoms with Gasteiger partial charge in [-0.3, -0.25) is 0 Å². The zero-order chi connectivity index (χ0) is 18.2. The summed E-state index contributed by atoms with van der Waals surface area (Å²) in [6.07, 6.45) is 5.44. The first kappa shape index (κ1) is 16.6. The van der Waals surface area contributed by atoms with Crippen LogP contribution in [0.4, 0.5) is 10.5 Å². The summed E-state index contributed by atoms with van der Waals surface area (Å²) < 4.78 is 6.49. The number of para-hydroxylation sites is 1. The number of piperidine rings is 1. The predicted octanol–water partition coefficient (Wildman–Crippen LogP) is 3.94. The topological polar surface area (TPSA) is 58.6 Å². The molecule has 1 unspecified atom stereocenters. The van der Waals surface area contributed by atoms with E-state index in [1.807, 2.05) is 0 Å². The number of hydrogen-bond donors (Lipinski definition) is 2. The van der Waals surface area contributed by atoms with Crippen LogP contribution in [0.5, 0.6) is 0 Å². The first-order valence-electron chi connectivity index (χ1n) is 10.0. The van der Waals surface area contributed by atoms with Crippen molar-refractivity contribution in [1.82, 2.24) is 0 Å². The molecule has 1 aromatic carbocycles. The van der Waals surface area contributed by atoms with Crippen LogP contribution in [0.3, 0.4) is 0 Å². The molecule has 5 heteroatoms. The second kappa shape index (κ2) is 5.02. The van der Waals surface area contributed by atoms with Crippen molar-refractivity contribution < 1.29 is 19.1 Å². The molecular weight excluding hydrogens is 328 g/mol. The third-order valence-corrected chi connectivity index (χ3v) is 8.55. The minimum absolute atomic E-state index is 0.0797. The van der Waals surface area contributed by atoms with Crippen molar-refractivity contribution in [3.05, 3.63) is 29.8 Å². The first-order chi connectivity index (χ1) is 12.5. The number of carbonyl (C=O) groups is 1. The Morgan fingerprint density at radius 3 is 2.81 bits per heavy atom. The average Bonchev–Trinajstić information content (AvgIpc) is 3.18. The Morgan fingerprint density at radius 2 is 2.08 bits per heavy atom. The molecule has 1 aromatic rings. The summed E-state index contributed by atoms with van der Waals surface area (Å²) in [5.74, 6) is 0. The number of benzene rings is 1. The van der Waals surface area contributed by atoms with Crippen LogP contribution in [-0.4, -0.2) is 47.6 Å². The molecule has 4 aliphatic rings. The van der Waals surface area contributed by atoms with Gasteiger partial charge in [-0.2, -0.15) is 4.79 Å². The molecular formula is C21H29N2O3+. The second-order valence-electron chi connectivity index (χ2n) is 8.91. The normalized spacial score (nSPS) is 45.4. The van der Waals surface area contributed by atoms with Crippen LogP contribution in [0, 0.1) is 5.41 Å². The maximum atomic E-state index is 12.6. The molecule has 0 radical (unpaired) electrons. The van der Waals surface area contributed by atoms with Gasteiger partial charge in [0, 0.05) is 24.6 Å². The fraction of sp³-hybridized carbons (Fsp3) is 0.667. The standard InChI is InChI=1S/C21H28N2O3/c1-3-19-9-6-13-23(18(24)25)14-12-20(17(19)23)15-7-4-5-8-16(15)22-21(20,26-2)11-10-19/h4-5,7-8,17,22H,3,6,9-14H2,1-2H3/p+1/t17-,19-,20+,21+,23?/m1/s1. The van der Waals surface area contributed by atoms with Gasteiger partial charge in [-0.25, -0.2) is 4.48 Å². The maximum Gasteiger partial charge on any atom is 0.513 e. The maximum absolute atomic E-state index is 12.6. The molecule has 5 atom stereocenters. The SMILES string of the molecule is CC[C@@]12CCC[N+]3(C(=O)O)CC[C@]4(c5ccccc5N[C@]4(OC)CC1)[C@@H]23. The van der Waals surface area contributed by atoms with Gasteiger partial charge in [-0.15, -0.1) is 0 Å². The highest BCUT2D eigenvalue weighted by atomic mass is 16.5. The number of fused-ring (bicyclic) bond motifs is 1. The number of methoxy groups -OCH3 is 1.